The Bertz CT molecular complexity index is 583. The van der Waals surface area contributed by atoms with Gasteiger partial charge < -0.3 is 14.6 Å². The first-order chi connectivity index (χ1) is 10.6. The normalized spacial score (nSPS) is 10.9. The van der Waals surface area contributed by atoms with Crippen molar-refractivity contribution < 1.29 is 9.21 Å². The van der Waals surface area contributed by atoms with Crippen molar-refractivity contribution in [3.05, 3.63) is 30.4 Å². The molecule has 118 valence electrons. The third kappa shape index (κ3) is 5.25. The third-order valence-corrected chi connectivity index (χ3v) is 3.06. The Morgan fingerprint density at radius 2 is 2.05 bits per heavy atom. The minimum Gasteiger partial charge on any atom is -0.421 e. The lowest BCUT2D eigenvalue weighted by Gasteiger charge is -2.09. The highest BCUT2D eigenvalue weighted by Crippen LogP contribution is 2.16. The summed E-state index contributed by atoms with van der Waals surface area (Å²) in [7, 11) is 4.02. The molecule has 0 saturated heterocycles. The van der Waals surface area contributed by atoms with Crippen LogP contribution in [0.4, 0.5) is 0 Å². The van der Waals surface area contributed by atoms with E-state index < -0.39 is 0 Å². The van der Waals surface area contributed by atoms with Crippen LogP contribution in [0.5, 0.6) is 0 Å². The van der Waals surface area contributed by atoms with E-state index in [0.29, 0.717) is 31.2 Å². The van der Waals surface area contributed by atoms with Crippen molar-refractivity contribution in [3.63, 3.8) is 0 Å². The number of aromatic nitrogens is 3. The van der Waals surface area contributed by atoms with Gasteiger partial charge in [0, 0.05) is 37.3 Å². The average Bonchev–Trinajstić information content (AvgIpc) is 2.99. The Labute approximate surface area is 129 Å². The lowest BCUT2D eigenvalue weighted by atomic mass is 10.3. The molecule has 0 fully saturated rings. The van der Waals surface area contributed by atoms with Crippen LogP contribution in [0.15, 0.2) is 28.9 Å². The molecule has 0 unspecified atom stereocenters. The Morgan fingerprint density at radius 3 is 2.77 bits per heavy atom. The number of carbonyl (C=O) groups is 1. The molecule has 0 radical (unpaired) electrons. The smallest absolute Gasteiger partial charge is 0.247 e. The zero-order valence-electron chi connectivity index (χ0n) is 13.0. The van der Waals surface area contributed by atoms with E-state index in [-0.39, 0.29) is 5.91 Å². The minimum absolute atomic E-state index is 0.00224. The monoisotopic (exact) mass is 303 g/mol. The number of rotatable bonds is 8. The van der Waals surface area contributed by atoms with Crippen molar-refractivity contribution in [2.24, 2.45) is 0 Å². The Hall–Kier alpha value is -2.28. The van der Waals surface area contributed by atoms with Gasteiger partial charge in [-0.3, -0.25) is 9.78 Å². The summed E-state index contributed by atoms with van der Waals surface area (Å²) in [5, 5.41) is 10.8. The Morgan fingerprint density at radius 1 is 1.27 bits per heavy atom. The minimum atomic E-state index is 0.00224. The molecule has 0 aliphatic heterocycles. The molecular weight excluding hydrogens is 282 g/mol. The molecule has 7 nitrogen and oxygen atoms in total. The topological polar surface area (TPSA) is 84.2 Å². The van der Waals surface area contributed by atoms with E-state index in [1.165, 1.54) is 0 Å². The fraction of sp³-hybridized carbons (Fsp3) is 0.467. The number of hydrogen-bond acceptors (Lipinski definition) is 6. The van der Waals surface area contributed by atoms with Gasteiger partial charge in [-0.25, -0.2) is 0 Å². The molecule has 1 N–H and O–H groups in total. The second kappa shape index (κ2) is 8.23. The highest BCUT2D eigenvalue weighted by molar-refractivity contribution is 5.75. The van der Waals surface area contributed by atoms with Crippen LogP contribution in [0.2, 0.25) is 0 Å². The zero-order chi connectivity index (χ0) is 15.8. The second-order valence-electron chi connectivity index (χ2n) is 5.24. The van der Waals surface area contributed by atoms with Gasteiger partial charge in [0.05, 0.1) is 0 Å². The number of pyridine rings is 1. The molecule has 0 spiro atoms. The van der Waals surface area contributed by atoms with Gasteiger partial charge in [-0.05, 0) is 39.2 Å². The molecular formula is C15H21N5O2. The van der Waals surface area contributed by atoms with E-state index in [9.17, 15) is 4.79 Å². The summed E-state index contributed by atoms with van der Waals surface area (Å²) in [6, 6.07) is 3.60. The van der Waals surface area contributed by atoms with Crippen molar-refractivity contribution in [1.29, 1.82) is 0 Å². The second-order valence-corrected chi connectivity index (χ2v) is 5.24. The van der Waals surface area contributed by atoms with Crippen LogP contribution in [0.25, 0.3) is 11.5 Å². The lowest BCUT2D eigenvalue weighted by molar-refractivity contribution is -0.121. The SMILES string of the molecule is CN(C)CCCNC(=O)CCc1nnc(-c2ccncc2)o1. The summed E-state index contributed by atoms with van der Waals surface area (Å²) in [5.74, 6) is 0.918. The molecule has 0 atom stereocenters. The fourth-order valence-corrected chi connectivity index (χ4v) is 1.90. The van der Waals surface area contributed by atoms with Gasteiger partial charge in [0.2, 0.25) is 17.7 Å². The Balaban J connectivity index is 1.73. The van der Waals surface area contributed by atoms with E-state index in [2.05, 4.69) is 25.4 Å². The molecule has 0 aliphatic carbocycles. The van der Waals surface area contributed by atoms with Gasteiger partial charge >= 0.3 is 0 Å². The highest BCUT2D eigenvalue weighted by atomic mass is 16.4. The van der Waals surface area contributed by atoms with Crippen molar-refractivity contribution in [1.82, 2.24) is 25.4 Å². The summed E-state index contributed by atoms with van der Waals surface area (Å²) >= 11 is 0. The van der Waals surface area contributed by atoms with Crippen molar-refractivity contribution in [3.8, 4) is 11.5 Å². The molecule has 2 aromatic heterocycles. The molecule has 0 aliphatic rings. The summed E-state index contributed by atoms with van der Waals surface area (Å²) in [4.78, 5) is 17.7. The molecule has 2 rings (SSSR count). The van der Waals surface area contributed by atoms with Crippen molar-refractivity contribution >= 4 is 5.91 Å². The maximum absolute atomic E-state index is 11.7. The van der Waals surface area contributed by atoms with E-state index in [0.717, 1.165) is 18.5 Å². The maximum atomic E-state index is 11.7. The fourth-order valence-electron chi connectivity index (χ4n) is 1.90. The van der Waals surface area contributed by atoms with E-state index >= 15 is 0 Å². The van der Waals surface area contributed by atoms with Crippen LogP contribution in [-0.4, -0.2) is 53.2 Å². The first kappa shape index (κ1) is 16.1. The van der Waals surface area contributed by atoms with Crippen LogP contribution < -0.4 is 5.32 Å². The largest absolute Gasteiger partial charge is 0.421 e. The van der Waals surface area contributed by atoms with E-state index in [1.807, 2.05) is 14.1 Å². The predicted molar refractivity (Wildman–Crippen MR) is 82.0 cm³/mol. The van der Waals surface area contributed by atoms with Crippen LogP contribution in [-0.2, 0) is 11.2 Å². The molecule has 2 heterocycles. The average molecular weight is 303 g/mol. The van der Waals surface area contributed by atoms with Crippen molar-refractivity contribution in [2.45, 2.75) is 19.3 Å². The van der Waals surface area contributed by atoms with E-state index in [1.54, 1.807) is 24.5 Å². The van der Waals surface area contributed by atoms with Crippen LogP contribution >= 0.6 is 0 Å². The van der Waals surface area contributed by atoms with Gasteiger partial charge in [0.25, 0.3) is 0 Å². The van der Waals surface area contributed by atoms with Gasteiger partial charge in [0.15, 0.2) is 0 Å². The standard InChI is InChI=1S/C15H21N5O2/c1-20(2)11-3-8-17-13(21)4-5-14-18-19-15(22-14)12-6-9-16-10-7-12/h6-7,9-10H,3-5,8,11H2,1-2H3,(H,17,21). The van der Waals surface area contributed by atoms with Crippen molar-refractivity contribution in [2.75, 3.05) is 27.2 Å². The summed E-state index contributed by atoms with van der Waals surface area (Å²) in [5.41, 5.74) is 0.821. The van der Waals surface area contributed by atoms with Gasteiger partial charge in [-0.2, -0.15) is 0 Å². The number of carbonyl (C=O) groups excluding carboxylic acids is 1. The molecule has 2 aromatic rings. The van der Waals surface area contributed by atoms with Gasteiger partial charge in [-0.1, -0.05) is 0 Å². The van der Waals surface area contributed by atoms with Gasteiger partial charge in [-0.15, -0.1) is 10.2 Å². The number of nitrogens with zero attached hydrogens (tertiary/aromatic N) is 4. The maximum Gasteiger partial charge on any atom is 0.247 e. The summed E-state index contributed by atoms with van der Waals surface area (Å²) in [6.07, 6.45) is 5.06. The first-order valence-corrected chi connectivity index (χ1v) is 7.29. The molecule has 0 bridgehead atoms. The van der Waals surface area contributed by atoms with Gasteiger partial charge in [0.1, 0.15) is 0 Å². The summed E-state index contributed by atoms with van der Waals surface area (Å²) in [6.45, 7) is 1.64. The molecule has 1 amide bonds. The highest BCUT2D eigenvalue weighted by Gasteiger charge is 2.10. The first-order valence-electron chi connectivity index (χ1n) is 7.29. The van der Waals surface area contributed by atoms with Crippen LogP contribution in [0.3, 0.4) is 0 Å². The van der Waals surface area contributed by atoms with Crippen LogP contribution in [0, 0.1) is 0 Å². The molecule has 0 aromatic carbocycles. The Kier molecular flexibility index (Phi) is 6.02. The number of aryl methyl sites for hydroxylation is 1. The summed E-state index contributed by atoms with van der Waals surface area (Å²) < 4.78 is 5.54. The molecule has 0 saturated carbocycles. The predicted octanol–water partition coefficient (Wildman–Crippen LogP) is 1.13. The number of hydrogen-bond donors (Lipinski definition) is 1. The molecule has 7 heteroatoms. The lowest BCUT2D eigenvalue weighted by Crippen LogP contribution is -2.27. The quantitative estimate of drug-likeness (QED) is 0.736. The van der Waals surface area contributed by atoms with E-state index in [4.69, 9.17) is 4.42 Å². The third-order valence-electron chi connectivity index (χ3n) is 3.06. The molecule has 22 heavy (non-hydrogen) atoms. The number of nitrogens with one attached hydrogen (secondary N) is 1. The van der Waals surface area contributed by atoms with Crippen LogP contribution in [0.1, 0.15) is 18.7 Å². The zero-order valence-corrected chi connectivity index (χ0v) is 13.0. The number of amides is 1.